The highest BCUT2D eigenvalue weighted by molar-refractivity contribution is 7.45. The highest BCUT2D eigenvalue weighted by Crippen LogP contribution is 2.38. The number of unbranched alkanes of at least 4 members (excludes halogenated alkanes) is 12. The van der Waals surface area contributed by atoms with E-state index in [1.807, 2.05) is 0 Å². The van der Waals surface area contributed by atoms with Crippen molar-refractivity contribution in [1.29, 1.82) is 0 Å². The van der Waals surface area contributed by atoms with Crippen molar-refractivity contribution in [3.8, 4) is 0 Å². The van der Waals surface area contributed by atoms with Crippen LogP contribution >= 0.6 is 7.82 Å². The lowest BCUT2D eigenvalue weighted by atomic mass is 10.1. The normalized spacial score (nSPS) is 14.9. The van der Waals surface area contributed by atoms with E-state index in [0.717, 1.165) is 82.7 Å². The Kier molecular flexibility index (Phi) is 29.0. The van der Waals surface area contributed by atoms with E-state index in [2.05, 4.69) is 91.7 Å². The molecular formula is C40H90O12PSi6-. The van der Waals surface area contributed by atoms with Crippen LogP contribution in [0.3, 0.4) is 0 Å². The number of carbonyl (C=O) groups is 2. The minimum Gasteiger partial charge on any atom is -0.756 e. The molecule has 0 aromatic carbocycles. The van der Waals surface area contributed by atoms with Gasteiger partial charge < -0.3 is 39.9 Å². The molecule has 0 bridgehead atoms. The molecule has 0 fully saturated rings. The van der Waals surface area contributed by atoms with Crippen LogP contribution in [0.1, 0.15) is 116 Å². The topological polar surface area (TPSA) is 148 Å². The number of ether oxygens (including phenoxy) is 2. The molecule has 0 radical (unpaired) electrons. The molecule has 0 rings (SSSR count). The second-order valence-corrected chi connectivity index (χ2v) is 47.0. The summed E-state index contributed by atoms with van der Waals surface area (Å²) < 4.78 is 58.9. The molecule has 2 unspecified atom stereocenters. The molecule has 0 N–H and O–H groups in total. The van der Waals surface area contributed by atoms with Crippen molar-refractivity contribution in [2.75, 3.05) is 19.8 Å². The molecule has 0 aliphatic heterocycles. The molecule has 0 aromatic heterocycles. The highest BCUT2D eigenvalue weighted by atomic mass is 31.2. The lowest BCUT2D eigenvalue weighted by molar-refractivity contribution is -0.228. The van der Waals surface area contributed by atoms with Gasteiger partial charge >= 0.3 is 29.1 Å². The number of hydrogen-bond donors (Lipinski definition) is 0. The van der Waals surface area contributed by atoms with E-state index in [1.54, 1.807) is 6.92 Å². The Bertz CT molecular complexity index is 1210. The van der Waals surface area contributed by atoms with Crippen LogP contribution in [0.4, 0.5) is 0 Å². The quantitative estimate of drug-likeness (QED) is 0.0252. The number of rotatable bonds is 37. The number of hydrogen-bond acceptors (Lipinski definition) is 12. The Labute approximate surface area is 368 Å². The van der Waals surface area contributed by atoms with E-state index in [4.69, 9.17) is 35.0 Å². The first kappa shape index (κ1) is 59.2. The summed E-state index contributed by atoms with van der Waals surface area (Å²) in [5.41, 5.74) is 0. The van der Waals surface area contributed by atoms with Crippen LogP contribution < -0.4 is 4.89 Å². The Hall–Kier alpha value is 0.191. The molecule has 59 heavy (non-hydrogen) atoms. The number of carbonyl (C=O) groups excluding carboxylic acids is 2. The van der Waals surface area contributed by atoms with Crippen molar-refractivity contribution < 1.29 is 54.0 Å². The zero-order valence-electron chi connectivity index (χ0n) is 40.5. The maximum Gasteiger partial charge on any atom is 0.311 e. The molecule has 0 aliphatic carbocycles. The summed E-state index contributed by atoms with van der Waals surface area (Å²) in [5.74, 6) is -0.877. The van der Waals surface area contributed by atoms with Crippen LogP contribution in [0, 0.1) is 0 Å². The number of phosphoric ester groups is 1. The van der Waals surface area contributed by atoms with E-state index in [0.29, 0.717) is 19.3 Å². The fourth-order valence-corrected chi connectivity index (χ4v) is 34.8. The van der Waals surface area contributed by atoms with E-state index in [1.165, 1.54) is 6.42 Å². The molecule has 0 aliphatic rings. The third-order valence-corrected chi connectivity index (χ3v) is 30.3. The van der Waals surface area contributed by atoms with Crippen LogP contribution in [-0.4, -0.2) is 88.3 Å². The number of esters is 2. The van der Waals surface area contributed by atoms with Gasteiger partial charge in [0, 0.05) is 12.8 Å². The maximum atomic E-state index is 12.7. The minimum absolute atomic E-state index is 0.00840. The van der Waals surface area contributed by atoms with Gasteiger partial charge in [-0.1, -0.05) is 84.0 Å². The van der Waals surface area contributed by atoms with Gasteiger partial charge in [-0.25, -0.2) is 0 Å². The summed E-state index contributed by atoms with van der Waals surface area (Å²) in [6.45, 7) is 32.2. The fraction of sp³-hybridized carbons (Fsp3) is 0.950. The Balaban J connectivity index is 4.49. The highest BCUT2D eigenvalue weighted by Gasteiger charge is 2.38. The van der Waals surface area contributed by atoms with E-state index in [9.17, 15) is 19.0 Å². The van der Waals surface area contributed by atoms with Crippen LogP contribution in [0.25, 0.3) is 0 Å². The third kappa shape index (κ3) is 37.3. The van der Waals surface area contributed by atoms with Crippen molar-refractivity contribution in [3.63, 3.8) is 0 Å². The molecule has 0 heterocycles. The summed E-state index contributed by atoms with van der Waals surface area (Å²) in [7, 11) is -15.6. The van der Waals surface area contributed by atoms with Gasteiger partial charge in [-0.3, -0.25) is 14.2 Å². The molecule has 2 atom stereocenters. The van der Waals surface area contributed by atoms with Gasteiger partial charge in [-0.15, -0.1) is 0 Å². The second kappa shape index (κ2) is 28.9. The van der Waals surface area contributed by atoms with Crippen LogP contribution in [0.2, 0.25) is 104 Å². The molecule has 0 aromatic rings. The molecule has 0 saturated carbocycles. The predicted molar refractivity (Wildman–Crippen MR) is 255 cm³/mol. The molecule has 0 amide bonds. The minimum atomic E-state index is -4.58. The summed E-state index contributed by atoms with van der Waals surface area (Å²) in [4.78, 5) is 37.4. The van der Waals surface area contributed by atoms with Crippen molar-refractivity contribution in [3.05, 3.63) is 0 Å². The van der Waals surface area contributed by atoms with Crippen LogP contribution in [0.5, 0.6) is 0 Å². The molecule has 0 saturated heterocycles. The molecule has 12 nitrogen and oxygen atoms in total. The average molecular weight is 963 g/mol. The van der Waals surface area contributed by atoms with Crippen LogP contribution in [-0.2, 0) is 49.1 Å². The Morgan fingerprint density at radius 1 is 0.508 bits per heavy atom. The van der Waals surface area contributed by atoms with Gasteiger partial charge in [0.05, 0.1) is 13.2 Å². The van der Waals surface area contributed by atoms with Gasteiger partial charge in [0.15, 0.2) is 39.4 Å². The zero-order chi connectivity index (χ0) is 45.4. The lowest BCUT2D eigenvalue weighted by Crippen LogP contribution is -2.51. The first-order valence-corrected chi connectivity index (χ1v) is 42.9. The molecule has 19 heteroatoms. The fourth-order valence-electron chi connectivity index (χ4n) is 7.39. The Morgan fingerprint density at radius 2 is 0.881 bits per heavy atom. The molecular weight excluding hydrogens is 872 g/mol. The maximum absolute atomic E-state index is 12.7. The number of phosphoric acid groups is 1. The SMILES string of the molecule is CCCOP(=O)([O-])OCC(COC(=O)CCCCCCCCC[Si](C)(C)O[Si](C)(C)O[Si](C)(C)C)OC(=O)CCCCCCCCC[Si](C)(C)O[Si](C)(C)O[Si](C)(C)C. The van der Waals surface area contributed by atoms with Gasteiger partial charge in [-0.2, -0.15) is 0 Å². The summed E-state index contributed by atoms with van der Waals surface area (Å²) >= 11 is 0. The second-order valence-electron chi connectivity index (χ2n) is 20.3. The van der Waals surface area contributed by atoms with Gasteiger partial charge in [-0.05, 0) is 123 Å². The zero-order valence-corrected chi connectivity index (χ0v) is 47.4. The first-order chi connectivity index (χ1) is 27.0. The van der Waals surface area contributed by atoms with Gasteiger partial charge in [0.25, 0.3) is 7.82 Å². The molecule has 0 spiro atoms. The van der Waals surface area contributed by atoms with Crippen LogP contribution in [0.15, 0.2) is 0 Å². The summed E-state index contributed by atoms with van der Waals surface area (Å²) in [6, 6.07) is 2.27. The van der Waals surface area contributed by atoms with E-state index >= 15 is 0 Å². The Morgan fingerprint density at radius 3 is 1.27 bits per heavy atom. The first-order valence-electron chi connectivity index (χ1n) is 22.7. The van der Waals surface area contributed by atoms with Gasteiger partial charge in [0.2, 0.25) is 0 Å². The lowest BCUT2D eigenvalue weighted by Gasteiger charge is -2.37. The van der Waals surface area contributed by atoms with Gasteiger partial charge in [0.1, 0.15) is 6.61 Å². The molecule has 352 valence electrons. The summed E-state index contributed by atoms with van der Waals surface area (Å²) in [6.07, 6.45) is 14.3. The average Bonchev–Trinajstić information content (AvgIpc) is 3.03. The third-order valence-electron chi connectivity index (χ3n) is 9.07. The van der Waals surface area contributed by atoms with Crippen molar-refractivity contribution >= 4 is 70.2 Å². The van der Waals surface area contributed by atoms with Crippen molar-refractivity contribution in [2.45, 2.75) is 226 Å². The van der Waals surface area contributed by atoms with Crippen molar-refractivity contribution in [1.82, 2.24) is 0 Å². The smallest absolute Gasteiger partial charge is 0.311 e. The summed E-state index contributed by atoms with van der Waals surface area (Å²) in [5, 5.41) is 0. The standard InChI is InChI=1S/C40H91O12PSi6/c1-16-33-46-53(43,44)47-37-38(48-40(42)32-28-24-20-18-22-26-30-35-57(10,11)52-59(14,15)50-55(5,6)7)36-45-39(41)31-27-23-19-17-21-25-29-34-56(8,9)51-58(12,13)49-54(2,3)4/h38H,16-37H2,1-15H3,(H,43,44)/p-1. The van der Waals surface area contributed by atoms with E-state index < -0.39 is 82.9 Å². The predicted octanol–water partition coefficient (Wildman–Crippen LogP) is 12.1. The monoisotopic (exact) mass is 961 g/mol. The largest absolute Gasteiger partial charge is 0.756 e. The van der Waals surface area contributed by atoms with E-state index in [-0.39, 0.29) is 26.1 Å². The van der Waals surface area contributed by atoms with Crippen molar-refractivity contribution in [2.24, 2.45) is 0 Å².